The molecular formula is C16H16INO3. The molecule has 2 rings (SSSR count). The van der Waals surface area contributed by atoms with E-state index in [2.05, 4.69) is 0 Å². The Morgan fingerprint density at radius 2 is 1.33 bits per heavy atom. The number of hydrogen-bond donors (Lipinski definition) is 3. The number of rotatable bonds is 5. The molecule has 1 amide bonds. The molecule has 0 saturated carbocycles. The van der Waals surface area contributed by atoms with Crippen LogP contribution in [0.1, 0.15) is 23.5 Å². The maximum absolute atomic E-state index is 11.3. The van der Waals surface area contributed by atoms with Gasteiger partial charge in [0, 0.05) is 5.92 Å². The molecule has 0 spiro atoms. The highest BCUT2D eigenvalue weighted by molar-refractivity contribution is 14.1. The van der Waals surface area contributed by atoms with Crippen molar-refractivity contribution in [1.82, 2.24) is 0 Å². The Kier molecular flexibility index (Phi) is 5.06. The molecule has 2 aromatic rings. The van der Waals surface area contributed by atoms with E-state index in [-0.39, 0.29) is 27.2 Å². The average Bonchev–Trinajstić information content (AvgIpc) is 2.46. The Hall–Kier alpha value is -1.76. The minimum Gasteiger partial charge on any atom is -0.508 e. The molecule has 1 atom stereocenters. The normalized spacial score (nSPS) is 12.3. The SMILES string of the molecule is NC(=O)C(I)CC(c1ccc(O)cc1)c1ccc(O)cc1. The molecule has 110 valence electrons. The van der Waals surface area contributed by atoms with Crippen LogP contribution in [0, 0.1) is 0 Å². The highest BCUT2D eigenvalue weighted by Crippen LogP contribution is 2.32. The molecule has 4 nitrogen and oxygen atoms in total. The molecule has 0 bridgehead atoms. The number of benzene rings is 2. The first kappa shape index (κ1) is 15.6. The second-order valence-electron chi connectivity index (χ2n) is 4.84. The lowest BCUT2D eigenvalue weighted by Gasteiger charge is -2.20. The molecule has 0 saturated heterocycles. The summed E-state index contributed by atoms with van der Waals surface area (Å²) in [5.41, 5.74) is 7.34. The van der Waals surface area contributed by atoms with E-state index in [0.717, 1.165) is 11.1 Å². The van der Waals surface area contributed by atoms with Gasteiger partial charge in [0.05, 0.1) is 3.92 Å². The number of amides is 1. The molecular weight excluding hydrogens is 381 g/mol. The van der Waals surface area contributed by atoms with E-state index >= 15 is 0 Å². The van der Waals surface area contributed by atoms with Gasteiger partial charge in [-0.1, -0.05) is 46.9 Å². The van der Waals surface area contributed by atoms with E-state index in [1.165, 1.54) is 0 Å². The number of alkyl halides is 1. The minimum atomic E-state index is -0.349. The first-order chi connectivity index (χ1) is 9.97. The zero-order chi connectivity index (χ0) is 15.4. The van der Waals surface area contributed by atoms with E-state index in [4.69, 9.17) is 5.73 Å². The molecule has 21 heavy (non-hydrogen) atoms. The van der Waals surface area contributed by atoms with Crippen molar-refractivity contribution in [2.75, 3.05) is 0 Å². The minimum absolute atomic E-state index is 0.0272. The van der Waals surface area contributed by atoms with E-state index in [1.807, 2.05) is 46.9 Å². The number of aromatic hydroxyl groups is 2. The second-order valence-corrected chi connectivity index (χ2v) is 6.34. The molecule has 0 fully saturated rings. The van der Waals surface area contributed by atoms with Gasteiger partial charge < -0.3 is 15.9 Å². The van der Waals surface area contributed by atoms with Crippen LogP contribution >= 0.6 is 22.6 Å². The van der Waals surface area contributed by atoms with Gasteiger partial charge in [-0.25, -0.2) is 0 Å². The summed E-state index contributed by atoms with van der Waals surface area (Å²) in [6.07, 6.45) is 0.561. The molecule has 2 aromatic carbocycles. The van der Waals surface area contributed by atoms with Crippen molar-refractivity contribution in [1.29, 1.82) is 0 Å². The van der Waals surface area contributed by atoms with E-state index in [9.17, 15) is 15.0 Å². The molecule has 0 heterocycles. The number of phenols is 2. The van der Waals surface area contributed by atoms with Gasteiger partial charge in [0.25, 0.3) is 0 Å². The third kappa shape index (κ3) is 4.10. The first-order valence-electron chi connectivity index (χ1n) is 6.48. The van der Waals surface area contributed by atoms with Gasteiger partial charge in [0.15, 0.2) is 0 Å². The summed E-state index contributed by atoms with van der Waals surface area (Å²) in [5.74, 6) is 0.0204. The number of nitrogens with two attached hydrogens (primary N) is 1. The van der Waals surface area contributed by atoms with Crippen LogP contribution < -0.4 is 5.73 Å². The number of primary amides is 1. The summed E-state index contributed by atoms with van der Waals surface area (Å²) in [4.78, 5) is 11.3. The van der Waals surface area contributed by atoms with Gasteiger partial charge in [-0.3, -0.25) is 4.79 Å². The van der Waals surface area contributed by atoms with Crippen LogP contribution in [0.15, 0.2) is 48.5 Å². The first-order valence-corrected chi connectivity index (χ1v) is 7.73. The van der Waals surface area contributed by atoms with Crippen LogP contribution in [0.5, 0.6) is 11.5 Å². The zero-order valence-corrected chi connectivity index (χ0v) is 13.4. The highest BCUT2D eigenvalue weighted by Gasteiger charge is 2.21. The van der Waals surface area contributed by atoms with Crippen molar-refractivity contribution in [3.05, 3.63) is 59.7 Å². The summed E-state index contributed by atoms with van der Waals surface area (Å²) in [6.45, 7) is 0. The number of carbonyl (C=O) groups excluding carboxylic acids is 1. The topological polar surface area (TPSA) is 83.6 Å². The summed E-state index contributed by atoms with van der Waals surface area (Å²) in [5, 5.41) is 18.8. The monoisotopic (exact) mass is 397 g/mol. The summed E-state index contributed by atoms with van der Waals surface area (Å²) < 4.78 is -0.296. The van der Waals surface area contributed by atoms with Gasteiger partial charge in [0.1, 0.15) is 11.5 Å². The predicted octanol–water partition coefficient (Wildman–Crippen LogP) is 2.91. The van der Waals surface area contributed by atoms with Crippen LogP contribution in [0.4, 0.5) is 0 Å². The largest absolute Gasteiger partial charge is 0.508 e. The predicted molar refractivity (Wildman–Crippen MR) is 89.7 cm³/mol. The smallest absolute Gasteiger partial charge is 0.230 e. The maximum atomic E-state index is 11.3. The van der Waals surface area contributed by atoms with Crippen LogP contribution in [-0.4, -0.2) is 20.0 Å². The highest BCUT2D eigenvalue weighted by atomic mass is 127. The Morgan fingerprint density at radius 1 is 0.952 bits per heavy atom. The lowest BCUT2D eigenvalue weighted by atomic mass is 9.87. The third-order valence-corrected chi connectivity index (χ3v) is 4.46. The van der Waals surface area contributed by atoms with E-state index in [1.54, 1.807) is 24.3 Å². The fraction of sp³-hybridized carbons (Fsp3) is 0.188. The van der Waals surface area contributed by atoms with Gasteiger partial charge >= 0.3 is 0 Å². The second kappa shape index (κ2) is 6.80. The van der Waals surface area contributed by atoms with Crippen molar-refractivity contribution in [2.24, 2.45) is 5.73 Å². The lowest BCUT2D eigenvalue weighted by Crippen LogP contribution is -2.25. The van der Waals surface area contributed by atoms with E-state index < -0.39 is 0 Å². The molecule has 4 N–H and O–H groups in total. The van der Waals surface area contributed by atoms with Crippen LogP contribution in [-0.2, 0) is 4.79 Å². The fourth-order valence-corrected chi connectivity index (χ4v) is 2.71. The van der Waals surface area contributed by atoms with Gasteiger partial charge in [-0.2, -0.15) is 0 Å². The third-order valence-electron chi connectivity index (χ3n) is 3.34. The van der Waals surface area contributed by atoms with Gasteiger partial charge in [0.2, 0.25) is 5.91 Å². The molecule has 5 heteroatoms. The zero-order valence-electron chi connectivity index (χ0n) is 11.2. The van der Waals surface area contributed by atoms with Crippen molar-refractivity contribution in [3.63, 3.8) is 0 Å². The van der Waals surface area contributed by atoms with Crippen LogP contribution in [0.25, 0.3) is 0 Å². The van der Waals surface area contributed by atoms with Crippen molar-refractivity contribution in [2.45, 2.75) is 16.3 Å². The van der Waals surface area contributed by atoms with Crippen molar-refractivity contribution < 1.29 is 15.0 Å². The fourth-order valence-electron chi connectivity index (χ4n) is 2.20. The number of carbonyl (C=O) groups is 1. The molecule has 0 aliphatic rings. The average molecular weight is 397 g/mol. The van der Waals surface area contributed by atoms with Crippen LogP contribution in [0.2, 0.25) is 0 Å². The number of phenolic OH excluding ortho intramolecular Hbond substituents is 2. The molecule has 0 radical (unpaired) electrons. The summed E-state index contributed by atoms with van der Waals surface area (Å²) >= 11 is 2.04. The van der Waals surface area contributed by atoms with Gasteiger partial charge in [-0.05, 0) is 41.8 Å². The number of halogens is 1. The molecule has 0 aliphatic carbocycles. The Morgan fingerprint density at radius 3 is 1.67 bits per heavy atom. The maximum Gasteiger partial charge on any atom is 0.230 e. The Bertz CT molecular complexity index is 565. The quantitative estimate of drug-likeness (QED) is 0.536. The molecule has 0 aliphatic heterocycles. The Balaban J connectivity index is 2.36. The van der Waals surface area contributed by atoms with Gasteiger partial charge in [-0.15, -0.1) is 0 Å². The van der Waals surface area contributed by atoms with Crippen molar-refractivity contribution >= 4 is 28.5 Å². The Labute approximate surface area is 136 Å². The standard InChI is InChI=1S/C16H16INO3/c17-15(16(18)21)9-14(10-1-5-12(19)6-2-10)11-3-7-13(20)8-4-11/h1-8,14-15,19-20H,9H2,(H2,18,21). The van der Waals surface area contributed by atoms with Crippen molar-refractivity contribution in [3.8, 4) is 11.5 Å². The number of hydrogen-bond acceptors (Lipinski definition) is 3. The molecule has 1 unspecified atom stereocenters. The molecule has 0 aromatic heterocycles. The van der Waals surface area contributed by atoms with E-state index in [0.29, 0.717) is 6.42 Å². The summed E-state index contributed by atoms with van der Waals surface area (Å²) in [7, 11) is 0. The lowest BCUT2D eigenvalue weighted by molar-refractivity contribution is -0.117. The summed E-state index contributed by atoms with van der Waals surface area (Å²) in [6, 6.07) is 13.8. The van der Waals surface area contributed by atoms with Crippen LogP contribution in [0.3, 0.4) is 0 Å².